The number of ether oxygens (including phenoxy) is 2. The fraction of sp³-hybridized carbons (Fsp3) is 0.222. The number of likely N-dealkylation sites (N-methyl/N-ethyl adjacent to an activating group) is 1. The number of carbonyl (C=O) groups excluding carboxylic acids is 1. The molecule has 2 aromatic carbocycles. The van der Waals surface area contributed by atoms with Crippen LogP contribution in [-0.4, -0.2) is 29.2 Å². The molecule has 1 aliphatic rings. The van der Waals surface area contributed by atoms with Crippen LogP contribution >= 0.6 is 0 Å². The molecule has 0 fully saturated rings. The summed E-state index contributed by atoms with van der Waals surface area (Å²) in [5.41, 5.74) is 2.00. The summed E-state index contributed by atoms with van der Waals surface area (Å²) in [6.07, 6.45) is 0. The van der Waals surface area contributed by atoms with Gasteiger partial charge in [-0.2, -0.15) is 0 Å². The molecule has 0 unspecified atom stereocenters. The minimum atomic E-state index is -0.536. The van der Waals surface area contributed by atoms with Crippen molar-refractivity contribution >= 4 is 17.0 Å². The van der Waals surface area contributed by atoms with E-state index in [1.54, 1.807) is 36.2 Å². The van der Waals surface area contributed by atoms with E-state index in [4.69, 9.17) is 13.9 Å². The molecule has 128 valence electrons. The molecule has 4 rings (SSSR count). The summed E-state index contributed by atoms with van der Waals surface area (Å²) >= 11 is 0. The Bertz CT molecular complexity index is 1000. The smallest absolute Gasteiger partial charge is 0.420 e. The van der Waals surface area contributed by atoms with Gasteiger partial charge >= 0.3 is 5.76 Å². The van der Waals surface area contributed by atoms with Gasteiger partial charge in [-0.1, -0.05) is 18.2 Å². The minimum absolute atomic E-state index is 0.0725. The predicted molar refractivity (Wildman–Crippen MR) is 89.5 cm³/mol. The highest BCUT2D eigenvalue weighted by Gasteiger charge is 2.17. The lowest BCUT2D eigenvalue weighted by atomic mass is 10.2. The Balaban J connectivity index is 1.50. The molecular weight excluding hydrogens is 324 g/mol. The first kappa shape index (κ1) is 15.3. The summed E-state index contributed by atoms with van der Waals surface area (Å²) in [4.78, 5) is 26.1. The fourth-order valence-corrected chi connectivity index (χ4v) is 2.82. The molecule has 1 amide bonds. The number of fused-ring (bicyclic) bond motifs is 2. The predicted octanol–water partition coefficient (Wildman–Crippen LogP) is 1.98. The van der Waals surface area contributed by atoms with E-state index < -0.39 is 5.76 Å². The topological polar surface area (TPSA) is 73.9 Å². The van der Waals surface area contributed by atoms with E-state index in [1.165, 1.54) is 4.57 Å². The minimum Gasteiger partial charge on any atom is -0.454 e. The van der Waals surface area contributed by atoms with Crippen LogP contribution in [0.1, 0.15) is 5.56 Å². The van der Waals surface area contributed by atoms with Gasteiger partial charge in [0.05, 0.1) is 5.52 Å². The first-order valence-corrected chi connectivity index (χ1v) is 7.83. The van der Waals surface area contributed by atoms with Crippen LogP contribution in [0.4, 0.5) is 0 Å². The SMILES string of the molecule is CN(Cc1ccc2c(c1)OCO2)C(=O)Cn1c(=O)oc2ccccc21. The van der Waals surface area contributed by atoms with Gasteiger partial charge in [0.1, 0.15) is 6.54 Å². The monoisotopic (exact) mass is 340 g/mol. The lowest BCUT2D eigenvalue weighted by molar-refractivity contribution is -0.131. The van der Waals surface area contributed by atoms with Gasteiger partial charge in [0, 0.05) is 13.6 Å². The van der Waals surface area contributed by atoms with Crippen molar-refractivity contribution in [3.8, 4) is 11.5 Å². The van der Waals surface area contributed by atoms with Crippen LogP contribution in [0.25, 0.3) is 11.1 Å². The normalized spacial score (nSPS) is 12.5. The number of oxazole rings is 1. The summed E-state index contributed by atoms with van der Waals surface area (Å²) in [7, 11) is 1.69. The molecule has 7 nitrogen and oxygen atoms in total. The van der Waals surface area contributed by atoms with Crippen molar-refractivity contribution in [1.82, 2.24) is 9.47 Å². The Hall–Kier alpha value is -3.22. The zero-order valence-electron chi connectivity index (χ0n) is 13.6. The Morgan fingerprint density at radius 3 is 2.84 bits per heavy atom. The molecule has 0 saturated heterocycles. The standard InChI is InChI=1S/C18H16N2O5/c1-19(9-12-6-7-15-16(8-12)24-11-23-15)17(21)10-20-13-4-2-3-5-14(13)25-18(20)22/h2-8H,9-11H2,1H3. The molecule has 2 heterocycles. The van der Waals surface area contributed by atoms with Crippen molar-refractivity contribution in [3.63, 3.8) is 0 Å². The van der Waals surface area contributed by atoms with Crippen molar-refractivity contribution in [3.05, 3.63) is 58.6 Å². The van der Waals surface area contributed by atoms with E-state index in [0.29, 0.717) is 29.1 Å². The van der Waals surface area contributed by atoms with E-state index in [0.717, 1.165) is 5.56 Å². The molecular formula is C18H16N2O5. The molecule has 0 bridgehead atoms. The zero-order valence-corrected chi connectivity index (χ0v) is 13.6. The maximum atomic E-state index is 12.5. The van der Waals surface area contributed by atoms with Gasteiger partial charge in [-0.25, -0.2) is 4.79 Å². The number of nitrogens with zero attached hydrogens (tertiary/aromatic N) is 2. The van der Waals surface area contributed by atoms with Gasteiger partial charge in [-0.15, -0.1) is 0 Å². The molecule has 0 aliphatic carbocycles. The van der Waals surface area contributed by atoms with Crippen LogP contribution in [0.2, 0.25) is 0 Å². The number of rotatable bonds is 4. The molecule has 0 radical (unpaired) electrons. The van der Waals surface area contributed by atoms with Gasteiger partial charge in [0.25, 0.3) is 0 Å². The van der Waals surface area contributed by atoms with E-state index >= 15 is 0 Å². The molecule has 1 aromatic heterocycles. The molecule has 0 spiro atoms. The molecule has 7 heteroatoms. The van der Waals surface area contributed by atoms with Gasteiger partial charge in [-0.3, -0.25) is 9.36 Å². The molecule has 0 atom stereocenters. The summed E-state index contributed by atoms with van der Waals surface area (Å²) in [6, 6.07) is 12.6. The summed E-state index contributed by atoms with van der Waals surface area (Å²) in [6.45, 7) is 0.543. The highest BCUT2D eigenvalue weighted by atomic mass is 16.7. The van der Waals surface area contributed by atoms with E-state index in [9.17, 15) is 9.59 Å². The lowest BCUT2D eigenvalue weighted by Crippen LogP contribution is -2.32. The number of benzene rings is 2. The first-order valence-electron chi connectivity index (χ1n) is 7.83. The van der Waals surface area contributed by atoms with Crippen LogP contribution < -0.4 is 15.2 Å². The molecule has 25 heavy (non-hydrogen) atoms. The third kappa shape index (κ3) is 2.84. The zero-order chi connectivity index (χ0) is 17.4. The van der Waals surface area contributed by atoms with Crippen LogP contribution in [0.3, 0.4) is 0 Å². The Labute approximate surface area is 143 Å². The maximum absolute atomic E-state index is 12.5. The van der Waals surface area contributed by atoms with Crippen LogP contribution in [0.15, 0.2) is 51.7 Å². The second-order valence-corrected chi connectivity index (χ2v) is 5.86. The van der Waals surface area contributed by atoms with Crippen molar-refractivity contribution in [1.29, 1.82) is 0 Å². The maximum Gasteiger partial charge on any atom is 0.420 e. The third-order valence-electron chi connectivity index (χ3n) is 4.15. The number of hydrogen-bond donors (Lipinski definition) is 0. The van der Waals surface area contributed by atoms with E-state index in [2.05, 4.69) is 0 Å². The Morgan fingerprint density at radius 1 is 1.16 bits per heavy atom. The summed E-state index contributed by atoms with van der Waals surface area (Å²) in [5.74, 6) is 0.655. The van der Waals surface area contributed by atoms with Crippen LogP contribution in [0.5, 0.6) is 11.5 Å². The Morgan fingerprint density at radius 2 is 1.96 bits per heavy atom. The quantitative estimate of drug-likeness (QED) is 0.726. The van der Waals surface area contributed by atoms with Gasteiger partial charge in [-0.05, 0) is 29.8 Å². The number of amides is 1. The molecule has 1 aliphatic heterocycles. The van der Waals surface area contributed by atoms with Gasteiger partial charge in [0.15, 0.2) is 17.1 Å². The highest BCUT2D eigenvalue weighted by Crippen LogP contribution is 2.32. The fourth-order valence-electron chi connectivity index (χ4n) is 2.82. The third-order valence-corrected chi connectivity index (χ3v) is 4.15. The average Bonchev–Trinajstić information content (AvgIpc) is 3.19. The van der Waals surface area contributed by atoms with Crippen molar-refractivity contribution in [2.75, 3.05) is 13.8 Å². The number of para-hydroxylation sites is 2. The molecule has 3 aromatic rings. The first-order chi connectivity index (χ1) is 12.1. The van der Waals surface area contributed by atoms with E-state index in [1.807, 2.05) is 18.2 Å². The highest BCUT2D eigenvalue weighted by molar-refractivity contribution is 5.79. The molecule has 0 N–H and O–H groups in total. The van der Waals surface area contributed by atoms with Crippen LogP contribution in [-0.2, 0) is 17.9 Å². The van der Waals surface area contributed by atoms with Gasteiger partial charge in [0.2, 0.25) is 12.7 Å². The number of carbonyl (C=O) groups is 1. The number of aromatic nitrogens is 1. The van der Waals surface area contributed by atoms with Crippen molar-refractivity contribution < 1.29 is 18.7 Å². The second-order valence-electron chi connectivity index (χ2n) is 5.86. The lowest BCUT2D eigenvalue weighted by Gasteiger charge is -2.17. The number of hydrogen-bond acceptors (Lipinski definition) is 5. The van der Waals surface area contributed by atoms with E-state index in [-0.39, 0.29) is 19.2 Å². The van der Waals surface area contributed by atoms with Crippen molar-refractivity contribution in [2.24, 2.45) is 0 Å². The van der Waals surface area contributed by atoms with Gasteiger partial charge < -0.3 is 18.8 Å². The summed E-state index contributed by atoms with van der Waals surface area (Å²) in [5, 5.41) is 0. The second kappa shape index (κ2) is 6.01. The van der Waals surface area contributed by atoms with Crippen LogP contribution in [0, 0.1) is 0 Å². The average molecular weight is 340 g/mol. The Kier molecular flexibility index (Phi) is 3.68. The largest absolute Gasteiger partial charge is 0.454 e. The van der Waals surface area contributed by atoms with Crippen molar-refractivity contribution in [2.45, 2.75) is 13.1 Å². The summed E-state index contributed by atoms with van der Waals surface area (Å²) < 4.78 is 17.1. The molecule has 0 saturated carbocycles.